The van der Waals surface area contributed by atoms with E-state index in [9.17, 15) is 10.2 Å². The molecule has 3 aliphatic rings. The quantitative estimate of drug-likeness (QED) is 0.701. The van der Waals surface area contributed by atoms with E-state index in [2.05, 4.69) is 0 Å². The molecule has 0 saturated carbocycles. The molecule has 2 aliphatic heterocycles. The Morgan fingerprint density at radius 2 is 2.00 bits per heavy atom. The van der Waals surface area contributed by atoms with Crippen molar-refractivity contribution in [3.63, 3.8) is 0 Å². The van der Waals surface area contributed by atoms with Crippen LogP contribution < -0.4 is 0 Å². The van der Waals surface area contributed by atoms with Crippen LogP contribution >= 0.6 is 0 Å². The summed E-state index contributed by atoms with van der Waals surface area (Å²) in [6, 6.07) is 0. The monoisotopic (exact) mass is 224 g/mol. The van der Waals surface area contributed by atoms with Gasteiger partial charge >= 0.3 is 0 Å². The molecule has 0 aromatic heterocycles. The maximum absolute atomic E-state index is 10.2. The van der Waals surface area contributed by atoms with Crippen molar-refractivity contribution in [1.82, 2.24) is 0 Å². The van der Waals surface area contributed by atoms with E-state index >= 15 is 0 Å². The highest BCUT2D eigenvalue weighted by molar-refractivity contribution is 5.32. The SMILES string of the molecule is OC1=C(CC2CO2)C=CC(O)(CC2CO2)C1. The second-order valence-electron chi connectivity index (χ2n) is 4.90. The second-order valence-corrected chi connectivity index (χ2v) is 4.90. The van der Waals surface area contributed by atoms with E-state index in [-0.39, 0.29) is 12.2 Å². The molecule has 4 heteroatoms. The Morgan fingerprint density at radius 1 is 1.31 bits per heavy atom. The molecule has 3 unspecified atom stereocenters. The molecular formula is C12H16O4. The molecule has 0 amide bonds. The van der Waals surface area contributed by atoms with E-state index in [4.69, 9.17) is 9.47 Å². The Balaban J connectivity index is 1.66. The normalized spacial score (nSPS) is 41.3. The van der Waals surface area contributed by atoms with Gasteiger partial charge in [0.15, 0.2) is 0 Å². The second kappa shape index (κ2) is 3.58. The molecule has 2 saturated heterocycles. The van der Waals surface area contributed by atoms with E-state index in [1.807, 2.05) is 6.08 Å². The highest BCUT2D eigenvalue weighted by Gasteiger charge is 2.38. The Bertz CT molecular complexity index is 352. The van der Waals surface area contributed by atoms with E-state index in [0.717, 1.165) is 25.2 Å². The van der Waals surface area contributed by atoms with Gasteiger partial charge in [0, 0.05) is 19.3 Å². The fourth-order valence-corrected chi connectivity index (χ4v) is 2.15. The number of ether oxygens (including phenoxy) is 2. The van der Waals surface area contributed by atoms with Gasteiger partial charge in [0.1, 0.15) is 0 Å². The lowest BCUT2D eigenvalue weighted by molar-refractivity contribution is 0.0592. The van der Waals surface area contributed by atoms with Crippen molar-refractivity contribution < 1.29 is 19.7 Å². The summed E-state index contributed by atoms with van der Waals surface area (Å²) < 4.78 is 10.2. The van der Waals surface area contributed by atoms with Gasteiger partial charge in [-0.05, 0) is 5.57 Å². The van der Waals surface area contributed by atoms with Gasteiger partial charge in [-0.1, -0.05) is 12.2 Å². The van der Waals surface area contributed by atoms with Crippen molar-refractivity contribution in [1.29, 1.82) is 0 Å². The van der Waals surface area contributed by atoms with Crippen LogP contribution in [0.2, 0.25) is 0 Å². The van der Waals surface area contributed by atoms with Gasteiger partial charge in [-0.25, -0.2) is 0 Å². The molecule has 2 N–H and O–H groups in total. The average molecular weight is 224 g/mol. The van der Waals surface area contributed by atoms with Crippen LogP contribution in [0.15, 0.2) is 23.5 Å². The summed E-state index contributed by atoms with van der Waals surface area (Å²) in [6.45, 7) is 1.51. The number of allylic oxidation sites excluding steroid dienone is 1. The smallest absolute Gasteiger partial charge is 0.0987 e. The number of epoxide rings is 2. The highest BCUT2D eigenvalue weighted by Crippen LogP contribution is 2.35. The molecule has 16 heavy (non-hydrogen) atoms. The zero-order valence-electron chi connectivity index (χ0n) is 9.06. The molecule has 0 aromatic rings. The Morgan fingerprint density at radius 3 is 2.56 bits per heavy atom. The van der Waals surface area contributed by atoms with Gasteiger partial charge < -0.3 is 19.7 Å². The number of aliphatic hydroxyl groups excluding tert-OH is 1. The van der Waals surface area contributed by atoms with Gasteiger partial charge in [0.2, 0.25) is 0 Å². The first-order chi connectivity index (χ1) is 7.65. The maximum Gasteiger partial charge on any atom is 0.0987 e. The number of hydrogen-bond donors (Lipinski definition) is 2. The molecular weight excluding hydrogens is 208 g/mol. The van der Waals surface area contributed by atoms with Crippen LogP contribution in [0.4, 0.5) is 0 Å². The molecule has 2 fully saturated rings. The van der Waals surface area contributed by atoms with Crippen LogP contribution in [0.3, 0.4) is 0 Å². The Kier molecular flexibility index (Phi) is 2.31. The van der Waals surface area contributed by atoms with Crippen LogP contribution in [0.5, 0.6) is 0 Å². The summed E-state index contributed by atoms with van der Waals surface area (Å²) in [5.41, 5.74) is -0.0389. The topological polar surface area (TPSA) is 65.5 Å². The fourth-order valence-electron chi connectivity index (χ4n) is 2.15. The number of rotatable bonds is 4. The Labute approximate surface area is 94.2 Å². The van der Waals surface area contributed by atoms with Crippen molar-refractivity contribution in [2.75, 3.05) is 13.2 Å². The summed E-state index contributed by atoms with van der Waals surface area (Å²) in [6.07, 6.45) is 5.65. The van der Waals surface area contributed by atoms with Gasteiger partial charge in [0.25, 0.3) is 0 Å². The third-order valence-corrected chi connectivity index (χ3v) is 3.27. The van der Waals surface area contributed by atoms with Crippen molar-refractivity contribution >= 4 is 0 Å². The van der Waals surface area contributed by atoms with Crippen molar-refractivity contribution in [2.45, 2.75) is 37.1 Å². The minimum atomic E-state index is -0.931. The highest BCUT2D eigenvalue weighted by atomic mass is 16.6. The predicted octanol–water partition coefficient (Wildman–Crippen LogP) is 1.07. The molecule has 0 aromatic carbocycles. The number of hydrogen-bond acceptors (Lipinski definition) is 4. The standard InChI is InChI=1S/C12H16O4/c13-11-5-12(14,4-10-7-16-10)2-1-8(11)3-9-6-15-9/h1-2,9-10,13-14H,3-7H2. The molecule has 3 atom stereocenters. The Hall–Kier alpha value is -0.840. The van der Waals surface area contributed by atoms with Gasteiger partial charge in [-0.2, -0.15) is 0 Å². The first-order valence-electron chi connectivity index (χ1n) is 5.70. The fraction of sp³-hybridized carbons (Fsp3) is 0.667. The number of aliphatic hydroxyl groups is 2. The lowest BCUT2D eigenvalue weighted by atomic mass is 9.86. The zero-order valence-corrected chi connectivity index (χ0v) is 9.06. The van der Waals surface area contributed by atoms with Crippen LogP contribution in [0, 0.1) is 0 Å². The minimum absolute atomic E-state index is 0.163. The van der Waals surface area contributed by atoms with Crippen LogP contribution in [0.25, 0.3) is 0 Å². The van der Waals surface area contributed by atoms with E-state index in [1.54, 1.807) is 6.08 Å². The molecule has 0 bridgehead atoms. The molecule has 2 heterocycles. The van der Waals surface area contributed by atoms with Crippen LogP contribution in [-0.4, -0.2) is 41.2 Å². The third kappa shape index (κ3) is 2.29. The summed E-state index contributed by atoms with van der Waals surface area (Å²) in [5.74, 6) is 0.293. The van der Waals surface area contributed by atoms with Crippen LogP contribution in [0.1, 0.15) is 19.3 Å². The largest absolute Gasteiger partial charge is 0.512 e. The van der Waals surface area contributed by atoms with E-state index in [0.29, 0.717) is 18.6 Å². The lowest BCUT2D eigenvalue weighted by Crippen LogP contribution is -2.31. The summed E-state index contributed by atoms with van der Waals surface area (Å²) in [4.78, 5) is 0. The minimum Gasteiger partial charge on any atom is -0.512 e. The summed E-state index contributed by atoms with van der Waals surface area (Å²) in [5, 5.41) is 20.1. The van der Waals surface area contributed by atoms with Gasteiger partial charge in [-0.15, -0.1) is 0 Å². The predicted molar refractivity (Wildman–Crippen MR) is 57.1 cm³/mol. The molecule has 4 nitrogen and oxygen atoms in total. The lowest BCUT2D eigenvalue weighted by Gasteiger charge is -2.27. The molecule has 88 valence electrons. The van der Waals surface area contributed by atoms with E-state index in [1.165, 1.54) is 0 Å². The van der Waals surface area contributed by atoms with Crippen LogP contribution in [-0.2, 0) is 9.47 Å². The third-order valence-electron chi connectivity index (χ3n) is 3.27. The van der Waals surface area contributed by atoms with Gasteiger partial charge in [-0.3, -0.25) is 0 Å². The molecule has 0 spiro atoms. The van der Waals surface area contributed by atoms with Crippen molar-refractivity contribution in [3.05, 3.63) is 23.5 Å². The van der Waals surface area contributed by atoms with Crippen molar-refractivity contribution in [2.24, 2.45) is 0 Å². The molecule has 1 aliphatic carbocycles. The maximum atomic E-state index is 10.2. The summed E-state index contributed by atoms with van der Waals surface area (Å²) in [7, 11) is 0. The first kappa shape index (κ1) is 10.3. The zero-order chi connectivity index (χ0) is 11.2. The average Bonchev–Trinajstić information content (AvgIpc) is 3.04. The van der Waals surface area contributed by atoms with Gasteiger partial charge in [0.05, 0.1) is 36.8 Å². The van der Waals surface area contributed by atoms with Crippen molar-refractivity contribution in [3.8, 4) is 0 Å². The molecule has 3 rings (SSSR count). The summed E-state index contributed by atoms with van der Waals surface area (Å²) >= 11 is 0. The molecule has 0 radical (unpaired) electrons. The first-order valence-corrected chi connectivity index (χ1v) is 5.70. The van der Waals surface area contributed by atoms with E-state index < -0.39 is 5.60 Å².